The first-order valence-electron chi connectivity index (χ1n) is 9.90. The van der Waals surface area contributed by atoms with Crippen LogP contribution < -0.4 is 15.4 Å². The summed E-state index contributed by atoms with van der Waals surface area (Å²) in [7, 11) is 0. The first-order valence-corrected chi connectivity index (χ1v) is 9.90. The Morgan fingerprint density at radius 2 is 2.03 bits per heavy atom. The van der Waals surface area contributed by atoms with Crippen molar-refractivity contribution < 1.29 is 9.53 Å². The van der Waals surface area contributed by atoms with Crippen LogP contribution in [0, 0.1) is 6.57 Å². The van der Waals surface area contributed by atoms with Crippen molar-refractivity contribution in [2.75, 3.05) is 11.9 Å². The molecule has 0 saturated carbocycles. The number of ether oxygens (including phenoxy) is 1. The van der Waals surface area contributed by atoms with Crippen molar-refractivity contribution >= 4 is 28.1 Å². The van der Waals surface area contributed by atoms with Crippen LogP contribution in [0.3, 0.4) is 0 Å². The lowest BCUT2D eigenvalue weighted by Crippen LogP contribution is -2.28. The second-order valence-corrected chi connectivity index (χ2v) is 7.37. The van der Waals surface area contributed by atoms with Crippen LogP contribution >= 0.6 is 0 Å². The zero-order valence-electron chi connectivity index (χ0n) is 16.6. The molecule has 0 aliphatic carbocycles. The van der Waals surface area contributed by atoms with Gasteiger partial charge in [-0.15, -0.1) is 0 Å². The molecule has 0 saturated heterocycles. The standard InChI is InChI=1S/C24H19N5O2/c1-25-22-8-5-16-9-23(22)31-19-7-6-17-3-2-4-21(20(17)10-19)28-24(30)13-26-11-18-12-27-15-29(18)14-16/h2-10,12,15,26H,11,13-14H2,(H,28,30). The molecule has 0 atom stereocenters. The number of imidazole rings is 1. The third-order valence-corrected chi connectivity index (χ3v) is 5.24. The van der Waals surface area contributed by atoms with Crippen molar-refractivity contribution in [3.8, 4) is 11.5 Å². The van der Waals surface area contributed by atoms with Gasteiger partial charge in [0.1, 0.15) is 11.5 Å². The summed E-state index contributed by atoms with van der Waals surface area (Å²) in [4.78, 5) is 20.4. The molecule has 152 valence electrons. The average molecular weight is 409 g/mol. The molecular weight excluding hydrogens is 390 g/mol. The molecule has 5 rings (SSSR count). The first-order chi connectivity index (χ1) is 15.2. The molecule has 7 heteroatoms. The van der Waals surface area contributed by atoms with Gasteiger partial charge in [0.2, 0.25) is 11.6 Å². The summed E-state index contributed by atoms with van der Waals surface area (Å²) in [6, 6.07) is 17.1. The zero-order chi connectivity index (χ0) is 21.2. The van der Waals surface area contributed by atoms with Gasteiger partial charge in [-0.3, -0.25) is 4.79 Å². The number of rotatable bonds is 0. The minimum Gasteiger partial charge on any atom is -0.468 e. The Kier molecular flexibility index (Phi) is 4.83. The van der Waals surface area contributed by atoms with E-state index in [1.807, 2.05) is 53.1 Å². The van der Waals surface area contributed by atoms with E-state index < -0.39 is 0 Å². The lowest BCUT2D eigenvalue weighted by Gasteiger charge is -2.15. The lowest BCUT2D eigenvalue weighted by atomic mass is 10.1. The van der Waals surface area contributed by atoms with Crippen molar-refractivity contribution in [3.63, 3.8) is 0 Å². The SMILES string of the molecule is [C-]#[N+]c1ccc2cc1Oc1ccc3cccc(c3c1)NC(=O)CNCc1cncn1C2. The maximum atomic E-state index is 12.5. The van der Waals surface area contributed by atoms with Gasteiger partial charge < -0.3 is 19.9 Å². The lowest BCUT2D eigenvalue weighted by molar-refractivity contribution is -0.115. The van der Waals surface area contributed by atoms with Crippen LogP contribution in [0.25, 0.3) is 15.6 Å². The van der Waals surface area contributed by atoms with Crippen LogP contribution in [-0.2, 0) is 17.9 Å². The molecule has 0 unspecified atom stereocenters. The molecule has 1 amide bonds. The van der Waals surface area contributed by atoms with Gasteiger partial charge >= 0.3 is 0 Å². The molecule has 31 heavy (non-hydrogen) atoms. The van der Waals surface area contributed by atoms with Crippen molar-refractivity contribution in [1.29, 1.82) is 0 Å². The van der Waals surface area contributed by atoms with Crippen LogP contribution in [-0.4, -0.2) is 22.0 Å². The van der Waals surface area contributed by atoms with E-state index in [2.05, 4.69) is 20.5 Å². The molecule has 1 aliphatic heterocycles. The van der Waals surface area contributed by atoms with Crippen molar-refractivity contribution in [1.82, 2.24) is 14.9 Å². The predicted molar refractivity (Wildman–Crippen MR) is 118 cm³/mol. The first kappa shape index (κ1) is 18.9. The monoisotopic (exact) mass is 409 g/mol. The average Bonchev–Trinajstić information content (AvgIpc) is 3.20. The molecule has 0 fully saturated rings. The van der Waals surface area contributed by atoms with Gasteiger partial charge in [-0.1, -0.05) is 30.3 Å². The van der Waals surface area contributed by atoms with Crippen LogP contribution in [0.4, 0.5) is 11.4 Å². The van der Waals surface area contributed by atoms with Crippen LogP contribution in [0.5, 0.6) is 11.5 Å². The van der Waals surface area contributed by atoms with Gasteiger partial charge in [0, 0.05) is 30.4 Å². The van der Waals surface area contributed by atoms with Gasteiger partial charge in [0.15, 0.2) is 0 Å². The van der Waals surface area contributed by atoms with E-state index in [1.54, 1.807) is 18.6 Å². The number of fused-ring (bicyclic) bond motifs is 4. The second-order valence-electron chi connectivity index (χ2n) is 7.37. The highest BCUT2D eigenvalue weighted by Crippen LogP contribution is 2.35. The summed E-state index contributed by atoms with van der Waals surface area (Å²) in [6.45, 7) is 8.78. The van der Waals surface area contributed by atoms with Crippen LogP contribution in [0.2, 0.25) is 0 Å². The van der Waals surface area contributed by atoms with E-state index in [-0.39, 0.29) is 12.5 Å². The summed E-state index contributed by atoms with van der Waals surface area (Å²) in [5, 5.41) is 8.03. The number of hydrogen-bond donors (Lipinski definition) is 2. The summed E-state index contributed by atoms with van der Waals surface area (Å²) >= 11 is 0. The molecule has 3 aromatic carbocycles. The topological polar surface area (TPSA) is 72.5 Å². The molecule has 1 aromatic heterocycles. The van der Waals surface area contributed by atoms with Gasteiger partial charge in [-0.25, -0.2) is 9.83 Å². The molecule has 2 N–H and O–H groups in total. The van der Waals surface area contributed by atoms with Gasteiger partial charge in [-0.2, -0.15) is 0 Å². The number of benzene rings is 3. The molecule has 0 radical (unpaired) electrons. The minimum absolute atomic E-state index is 0.127. The molecule has 2 heterocycles. The van der Waals surface area contributed by atoms with E-state index in [0.29, 0.717) is 36.0 Å². The number of nitrogens with one attached hydrogen (secondary N) is 2. The summed E-state index contributed by atoms with van der Waals surface area (Å²) < 4.78 is 8.14. The highest BCUT2D eigenvalue weighted by molar-refractivity contribution is 6.03. The number of hydrogen-bond acceptors (Lipinski definition) is 4. The van der Waals surface area contributed by atoms with Crippen molar-refractivity contribution in [3.05, 3.63) is 89.8 Å². The number of carbonyl (C=O) groups excluding carboxylic acids is 1. The fourth-order valence-electron chi connectivity index (χ4n) is 3.72. The Hall–Kier alpha value is -4.15. The number of nitrogens with zero attached hydrogens (tertiary/aromatic N) is 3. The maximum absolute atomic E-state index is 12.5. The van der Waals surface area contributed by atoms with Crippen molar-refractivity contribution in [2.45, 2.75) is 13.1 Å². The normalized spacial score (nSPS) is 13.8. The second kappa shape index (κ2) is 7.94. The highest BCUT2D eigenvalue weighted by atomic mass is 16.5. The highest BCUT2D eigenvalue weighted by Gasteiger charge is 2.12. The van der Waals surface area contributed by atoms with E-state index in [4.69, 9.17) is 11.3 Å². The Bertz CT molecular complexity index is 1340. The van der Waals surface area contributed by atoms with Crippen LogP contribution in [0.1, 0.15) is 11.3 Å². The van der Waals surface area contributed by atoms with Crippen LogP contribution in [0.15, 0.2) is 67.1 Å². The minimum atomic E-state index is -0.127. The van der Waals surface area contributed by atoms with E-state index in [0.717, 1.165) is 22.0 Å². The maximum Gasteiger partial charge on any atom is 0.238 e. The Balaban J connectivity index is 1.62. The van der Waals surface area contributed by atoms with Gasteiger partial charge in [0.05, 0.1) is 25.1 Å². The van der Waals surface area contributed by atoms with E-state index in [9.17, 15) is 4.79 Å². The Labute approximate surface area is 179 Å². The largest absolute Gasteiger partial charge is 0.468 e. The predicted octanol–water partition coefficient (Wildman–Crippen LogP) is 4.47. The van der Waals surface area contributed by atoms with E-state index in [1.165, 1.54) is 0 Å². The molecule has 4 bridgehead atoms. The molecule has 0 spiro atoms. The zero-order valence-corrected chi connectivity index (χ0v) is 16.6. The summed E-state index contributed by atoms with van der Waals surface area (Å²) in [5.74, 6) is 0.975. The number of amides is 1. The third-order valence-electron chi connectivity index (χ3n) is 5.24. The fraction of sp³-hybridized carbons (Fsp3) is 0.125. The molecule has 1 aliphatic rings. The number of carbonyl (C=O) groups is 1. The smallest absolute Gasteiger partial charge is 0.238 e. The Morgan fingerprint density at radius 1 is 1.10 bits per heavy atom. The van der Waals surface area contributed by atoms with Crippen molar-refractivity contribution in [2.24, 2.45) is 0 Å². The third kappa shape index (κ3) is 3.84. The summed E-state index contributed by atoms with van der Waals surface area (Å²) in [6.07, 6.45) is 3.54. The van der Waals surface area contributed by atoms with E-state index >= 15 is 0 Å². The molecular formula is C24H19N5O2. The quantitative estimate of drug-likeness (QED) is 0.421. The van der Waals surface area contributed by atoms with Gasteiger partial charge in [0.25, 0.3) is 0 Å². The Morgan fingerprint density at radius 3 is 2.94 bits per heavy atom. The molecule has 4 aromatic rings. The fourth-order valence-corrected chi connectivity index (χ4v) is 3.72. The summed E-state index contributed by atoms with van der Waals surface area (Å²) in [5.41, 5.74) is 3.11. The van der Waals surface area contributed by atoms with Gasteiger partial charge in [-0.05, 0) is 35.2 Å². The number of aromatic nitrogens is 2. The number of anilines is 1. The molecule has 7 nitrogen and oxygen atoms in total.